The van der Waals surface area contributed by atoms with E-state index in [-0.39, 0.29) is 17.3 Å². The van der Waals surface area contributed by atoms with Gasteiger partial charge in [0.2, 0.25) is 15.9 Å². The van der Waals surface area contributed by atoms with Gasteiger partial charge in [-0.15, -0.1) is 0 Å². The minimum atomic E-state index is -3.53. The number of carbonyl (C=O) groups is 1. The van der Waals surface area contributed by atoms with E-state index in [1.165, 1.54) is 12.3 Å². The van der Waals surface area contributed by atoms with E-state index in [9.17, 15) is 18.3 Å². The Morgan fingerprint density at radius 3 is 2.79 bits per heavy atom. The first-order valence-corrected chi connectivity index (χ1v) is 11.2. The van der Waals surface area contributed by atoms with Crippen molar-refractivity contribution in [2.45, 2.75) is 12.5 Å². The first-order valence-electron chi connectivity index (χ1n) is 8.14. The van der Waals surface area contributed by atoms with Crippen molar-refractivity contribution in [1.29, 1.82) is 0 Å². The van der Waals surface area contributed by atoms with Crippen LogP contribution in [0.25, 0.3) is 21.6 Å². The summed E-state index contributed by atoms with van der Waals surface area (Å²) in [4.78, 5) is 25.1. The fraction of sp³-hybridized carbons (Fsp3) is 0.250. The van der Waals surface area contributed by atoms with Gasteiger partial charge in [0.25, 0.3) is 0 Å². The van der Waals surface area contributed by atoms with E-state index in [0.717, 1.165) is 17.6 Å². The number of thiazole rings is 1. The van der Waals surface area contributed by atoms with E-state index < -0.39 is 28.6 Å². The third-order valence-corrected chi connectivity index (χ3v) is 5.34. The van der Waals surface area contributed by atoms with Gasteiger partial charge in [0.1, 0.15) is 10.3 Å². The van der Waals surface area contributed by atoms with Crippen LogP contribution in [0.15, 0.2) is 24.4 Å². The lowest BCUT2D eigenvalue weighted by Gasteiger charge is -2.08. The van der Waals surface area contributed by atoms with Gasteiger partial charge in [0.05, 0.1) is 36.8 Å². The number of aromatic nitrogens is 3. The van der Waals surface area contributed by atoms with Crippen LogP contribution < -0.4 is 10.0 Å². The number of amides is 1. The molecule has 154 valence electrons. The number of hydrogen-bond donors (Lipinski definition) is 4. The van der Waals surface area contributed by atoms with Crippen LogP contribution in [0.5, 0.6) is 0 Å². The topological polar surface area (TPSA) is 154 Å². The van der Waals surface area contributed by atoms with Gasteiger partial charge in [-0.05, 0) is 18.2 Å². The van der Waals surface area contributed by atoms with Gasteiger partial charge in [-0.3, -0.25) is 9.52 Å². The van der Waals surface area contributed by atoms with Crippen molar-refractivity contribution in [1.82, 2.24) is 15.0 Å². The van der Waals surface area contributed by atoms with Crippen LogP contribution in [0.3, 0.4) is 0 Å². The Morgan fingerprint density at radius 2 is 2.10 bits per heavy atom. The molecule has 10 nitrogen and oxygen atoms in total. The molecule has 0 saturated carbocycles. The van der Waals surface area contributed by atoms with Crippen molar-refractivity contribution in [3.05, 3.63) is 29.5 Å². The quantitative estimate of drug-likeness (QED) is 0.389. The summed E-state index contributed by atoms with van der Waals surface area (Å²) < 4.78 is 25.2. The smallest absolute Gasteiger partial charge is 0.229 e. The maximum atomic E-state index is 11.8. The molecule has 0 saturated heterocycles. The van der Waals surface area contributed by atoms with E-state index in [2.05, 4.69) is 25.0 Å². The largest absolute Gasteiger partial charge is 0.394 e. The van der Waals surface area contributed by atoms with Crippen LogP contribution in [0.4, 0.5) is 10.8 Å². The number of aliphatic hydroxyl groups excluding tert-OH is 2. The maximum absolute atomic E-state index is 11.8. The van der Waals surface area contributed by atoms with E-state index in [1.807, 2.05) is 0 Å². The van der Waals surface area contributed by atoms with Gasteiger partial charge < -0.3 is 15.5 Å². The number of fused-ring (bicyclic) bond motifs is 1. The highest BCUT2D eigenvalue weighted by Crippen LogP contribution is 2.30. The van der Waals surface area contributed by atoms with Crippen LogP contribution in [0.2, 0.25) is 5.15 Å². The summed E-state index contributed by atoms with van der Waals surface area (Å²) in [6.45, 7) is -0.510. The van der Waals surface area contributed by atoms with Crippen molar-refractivity contribution in [2.24, 2.45) is 0 Å². The summed E-state index contributed by atoms with van der Waals surface area (Å²) in [5, 5.41) is 21.0. The van der Waals surface area contributed by atoms with Crippen molar-refractivity contribution >= 4 is 60.0 Å². The summed E-state index contributed by atoms with van der Waals surface area (Å²) in [5.41, 5.74) is 1.73. The molecule has 0 fully saturated rings. The average molecular weight is 458 g/mol. The average Bonchev–Trinajstić information content (AvgIpc) is 3.03. The molecule has 3 aromatic rings. The van der Waals surface area contributed by atoms with Gasteiger partial charge in [0, 0.05) is 11.8 Å². The lowest BCUT2D eigenvalue weighted by Crippen LogP contribution is -2.22. The normalized spacial score (nSPS) is 12.7. The molecule has 3 heterocycles. The van der Waals surface area contributed by atoms with Crippen LogP contribution in [-0.4, -0.2) is 58.5 Å². The van der Waals surface area contributed by atoms with Crippen molar-refractivity contribution in [3.63, 3.8) is 0 Å². The van der Waals surface area contributed by atoms with Gasteiger partial charge in [-0.25, -0.2) is 23.4 Å². The molecule has 3 aromatic heterocycles. The lowest BCUT2D eigenvalue weighted by molar-refractivity contribution is -0.118. The molecule has 1 amide bonds. The zero-order chi connectivity index (χ0) is 21.2. The molecular weight excluding hydrogens is 442 g/mol. The molecule has 1 atom stereocenters. The fourth-order valence-corrected chi connectivity index (χ4v) is 3.96. The minimum absolute atomic E-state index is 0.00751. The van der Waals surface area contributed by atoms with Crippen LogP contribution in [0.1, 0.15) is 6.42 Å². The molecule has 3 rings (SSSR count). The Bertz CT molecular complexity index is 1170. The van der Waals surface area contributed by atoms with Crippen molar-refractivity contribution in [3.8, 4) is 11.3 Å². The minimum Gasteiger partial charge on any atom is -0.394 e. The van der Waals surface area contributed by atoms with E-state index >= 15 is 0 Å². The number of halogens is 1. The molecule has 13 heteroatoms. The number of pyridine rings is 2. The van der Waals surface area contributed by atoms with Gasteiger partial charge in [0.15, 0.2) is 10.3 Å². The molecule has 0 radical (unpaired) electrons. The molecule has 4 N–H and O–H groups in total. The van der Waals surface area contributed by atoms with Crippen LogP contribution in [0, 0.1) is 0 Å². The van der Waals surface area contributed by atoms with Gasteiger partial charge in [-0.2, -0.15) is 0 Å². The highest BCUT2D eigenvalue weighted by atomic mass is 35.5. The molecule has 0 aliphatic carbocycles. The zero-order valence-electron chi connectivity index (χ0n) is 15.0. The number of sulfonamides is 1. The summed E-state index contributed by atoms with van der Waals surface area (Å²) in [6.07, 6.45) is 1.08. The van der Waals surface area contributed by atoms with Crippen molar-refractivity contribution in [2.75, 3.05) is 22.9 Å². The predicted molar refractivity (Wildman–Crippen MR) is 110 cm³/mol. The number of aliphatic hydroxyl groups is 2. The Balaban J connectivity index is 1.87. The second kappa shape index (κ2) is 8.55. The van der Waals surface area contributed by atoms with Gasteiger partial charge >= 0.3 is 0 Å². The molecule has 0 aliphatic rings. The Morgan fingerprint density at radius 1 is 1.34 bits per heavy atom. The first kappa shape index (κ1) is 21.3. The Labute approximate surface area is 174 Å². The number of hydrogen-bond acceptors (Lipinski definition) is 9. The third-order valence-electron chi connectivity index (χ3n) is 3.56. The summed E-state index contributed by atoms with van der Waals surface area (Å²) in [6, 6.07) is 4.90. The molecule has 0 aromatic carbocycles. The predicted octanol–water partition coefficient (Wildman–Crippen LogP) is 1.46. The van der Waals surface area contributed by atoms with Crippen LogP contribution >= 0.6 is 22.9 Å². The number of rotatable bonds is 7. The molecular formula is C16H16ClN5O5S2. The molecule has 29 heavy (non-hydrogen) atoms. The van der Waals surface area contributed by atoms with Crippen molar-refractivity contribution < 1.29 is 23.4 Å². The SMILES string of the molecule is CS(=O)(=O)Nc1cc(-c2ccc3nc(NC(=O)C[C@@H](O)CO)sc3n2)cnc1Cl. The second-order valence-corrected chi connectivity index (χ2v) is 9.15. The summed E-state index contributed by atoms with van der Waals surface area (Å²) >= 11 is 7.07. The first-order chi connectivity index (χ1) is 13.6. The molecule has 0 spiro atoms. The number of nitrogens with zero attached hydrogens (tertiary/aromatic N) is 3. The lowest BCUT2D eigenvalue weighted by atomic mass is 10.2. The number of anilines is 2. The second-order valence-electron chi connectivity index (χ2n) is 6.07. The standard InChI is InChI=1S/C16H16ClN5O5S2/c1-29(26,27)22-12-4-8(6-18-14(12)17)10-2-3-11-15(19-10)28-16(20-11)21-13(25)5-9(24)7-23/h2-4,6,9,22-24H,5,7H2,1H3,(H,20,21,25)/t9-/m1/s1. The summed E-state index contributed by atoms with van der Waals surface area (Å²) in [5.74, 6) is -0.482. The Hall–Kier alpha value is -2.38. The summed E-state index contributed by atoms with van der Waals surface area (Å²) in [7, 11) is -3.53. The molecule has 0 bridgehead atoms. The van der Waals surface area contributed by atoms with Gasteiger partial charge in [-0.1, -0.05) is 22.9 Å². The van der Waals surface area contributed by atoms with E-state index in [4.69, 9.17) is 16.7 Å². The number of nitrogens with one attached hydrogen (secondary N) is 2. The van der Waals surface area contributed by atoms with E-state index in [0.29, 0.717) is 26.7 Å². The monoisotopic (exact) mass is 457 g/mol. The number of carbonyl (C=O) groups excluding carboxylic acids is 1. The highest BCUT2D eigenvalue weighted by Gasteiger charge is 2.14. The molecule has 0 aliphatic heterocycles. The Kier molecular flexibility index (Phi) is 6.29. The highest BCUT2D eigenvalue weighted by molar-refractivity contribution is 7.92. The van der Waals surface area contributed by atoms with E-state index in [1.54, 1.807) is 12.1 Å². The van der Waals surface area contributed by atoms with Crippen LogP contribution in [-0.2, 0) is 14.8 Å². The maximum Gasteiger partial charge on any atom is 0.229 e. The third kappa shape index (κ3) is 5.58. The molecule has 0 unspecified atom stereocenters. The zero-order valence-corrected chi connectivity index (χ0v) is 17.3. The fourth-order valence-electron chi connectivity index (χ4n) is 2.34.